The lowest BCUT2D eigenvalue weighted by Gasteiger charge is -2.25. The van der Waals surface area contributed by atoms with Crippen LogP contribution in [-0.2, 0) is 0 Å². The second-order valence-corrected chi connectivity index (χ2v) is 6.01. The van der Waals surface area contributed by atoms with E-state index in [0.29, 0.717) is 6.54 Å². The maximum atomic E-state index is 12.5. The lowest BCUT2D eigenvalue weighted by Crippen LogP contribution is -2.41. The predicted octanol–water partition coefficient (Wildman–Crippen LogP) is 3.56. The minimum atomic E-state index is -0.263. The van der Waals surface area contributed by atoms with Gasteiger partial charge in [0.15, 0.2) is 0 Å². The first-order valence-corrected chi connectivity index (χ1v) is 8.36. The number of hydrogen-bond donors (Lipinski definition) is 2. The molecule has 1 atom stereocenters. The minimum absolute atomic E-state index is 0.0613. The van der Waals surface area contributed by atoms with Crippen LogP contribution in [0.1, 0.15) is 17.2 Å². The third kappa shape index (κ3) is 3.80. The third-order valence-electron chi connectivity index (χ3n) is 4.32. The number of hydrogen-bond acceptors (Lipinski definition) is 2. The molecular formula is C21H22N2O2. The number of urea groups is 1. The van der Waals surface area contributed by atoms with Gasteiger partial charge in [0.25, 0.3) is 0 Å². The van der Waals surface area contributed by atoms with Crippen molar-refractivity contribution < 1.29 is 9.90 Å². The Kier molecular flexibility index (Phi) is 5.31. The molecule has 0 aliphatic carbocycles. The zero-order valence-electron chi connectivity index (χ0n) is 14.2. The van der Waals surface area contributed by atoms with E-state index in [1.807, 2.05) is 54.6 Å². The number of aliphatic hydroxyl groups excluding tert-OH is 1. The van der Waals surface area contributed by atoms with E-state index >= 15 is 0 Å². The second-order valence-electron chi connectivity index (χ2n) is 6.01. The van der Waals surface area contributed by atoms with Gasteiger partial charge in [-0.25, -0.2) is 4.79 Å². The van der Waals surface area contributed by atoms with Crippen molar-refractivity contribution in [2.45, 2.75) is 6.04 Å². The third-order valence-corrected chi connectivity index (χ3v) is 4.32. The fraction of sp³-hybridized carbons (Fsp3) is 0.190. The highest BCUT2D eigenvalue weighted by atomic mass is 16.3. The molecule has 0 saturated carbocycles. The molecule has 128 valence electrons. The molecule has 3 rings (SSSR count). The molecule has 4 nitrogen and oxygen atoms in total. The van der Waals surface area contributed by atoms with E-state index < -0.39 is 0 Å². The van der Waals surface area contributed by atoms with Crippen LogP contribution in [-0.4, -0.2) is 36.2 Å². The molecule has 1 unspecified atom stereocenters. The van der Waals surface area contributed by atoms with Gasteiger partial charge in [-0.05, 0) is 21.9 Å². The molecule has 4 heteroatoms. The summed E-state index contributed by atoms with van der Waals surface area (Å²) in [6.45, 7) is 0.233. The van der Waals surface area contributed by atoms with Gasteiger partial charge in [-0.1, -0.05) is 72.8 Å². The van der Waals surface area contributed by atoms with Crippen molar-refractivity contribution in [3.63, 3.8) is 0 Å². The zero-order valence-corrected chi connectivity index (χ0v) is 14.2. The first kappa shape index (κ1) is 17.0. The van der Waals surface area contributed by atoms with Crippen molar-refractivity contribution in [3.05, 3.63) is 83.9 Å². The number of carbonyl (C=O) groups is 1. The van der Waals surface area contributed by atoms with Crippen LogP contribution in [0.5, 0.6) is 0 Å². The molecular weight excluding hydrogens is 312 g/mol. The number of likely N-dealkylation sites (N-methyl/N-ethyl adjacent to an activating group) is 1. The monoisotopic (exact) mass is 334 g/mol. The number of benzene rings is 3. The van der Waals surface area contributed by atoms with Gasteiger partial charge in [0.05, 0.1) is 12.6 Å². The molecule has 0 bridgehead atoms. The van der Waals surface area contributed by atoms with Crippen LogP contribution in [0.15, 0.2) is 72.8 Å². The van der Waals surface area contributed by atoms with Crippen LogP contribution in [0, 0.1) is 0 Å². The van der Waals surface area contributed by atoms with E-state index in [0.717, 1.165) is 21.9 Å². The Morgan fingerprint density at radius 1 is 1.00 bits per heavy atom. The summed E-state index contributed by atoms with van der Waals surface area (Å²) in [5.41, 5.74) is 2.07. The number of nitrogens with zero attached hydrogens (tertiary/aromatic N) is 1. The molecule has 25 heavy (non-hydrogen) atoms. The second kappa shape index (κ2) is 7.81. The van der Waals surface area contributed by atoms with E-state index in [4.69, 9.17) is 5.11 Å². The number of carbonyl (C=O) groups excluding carboxylic acids is 1. The van der Waals surface area contributed by atoms with Crippen LogP contribution in [0.25, 0.3) is 10.8 Å². The van der Waals surface area contributed by atoms with Gasteiger partial charge in [-0.2, -0.15) is 0 Å². The Labute approximate surface area is 147 Å². The smallest absolute Gasteiger partial charge is 0.317 e. The average molecular weight is 334 g/mol. The molecule has 0 aliphatic rings. The highest BCUT2D eigenvalue weighted by Gasteiger charge is 2.20. The fourth-order valence-corrected chi connectivity index (χ4v) is 2.97. The number of nitrogens with one attached hydrogen (secondary N) is 1. The quantitative estimate of drug-likeness (QED) is 0.749. The summed E-state index contributed by atoms with van der Waals surface area (Å²) in [6, 6.07) is 23.7. The van der Waals surface area contributed by atoms with Crippen LogP contribution in [0.3, 0.4) is 0 Å². The lowest BCUT2D eigenvalue weighted by molar-refractivity contribution is 0.188. The van der Waals surface area contributed by atoms with Crippen molar-refractivity contribution in [2.24, 2.45) is 0 Å². The molecule has 0 heterocycles. The molecule has 3 aromatic carbocycles. The maximum Gasteiger partial charge on any atom is 0.317 e. The summed E-state index contributed by atoms with van der Waals surface area (Å²) in [7, 11) is 1.68. The highest BCUT2D eigenvalue weighted by molar-refractivity contribution is 5.87. The van der Waals surface area contributed by atoms with E-state index in [1.54, 1.807) is 7.05 Å². The normalized spacial score (nSPS) is 11.9. The van der Waals surface area contributed by atoms with Gasteiger partial charge in [-0.15, -0.1) is 0 Å². The molecule has 0 fully saturated rings. The molecule has 0 saturated heterocycles. The Balaban J connectivity index is 2.03. The van der Waals surface area contributed by atoms with Crippen molar-refractivity contribution in [1.82, 2.24) is 10.2 Å². The number of rotatable bonds is 5. The summed E-state index contributed by atoms with van der Waals surface area (Å²) < 4.78 is 0. The van der Waals surface area contributed by atoms with E-state index in [-0.39, 0.29) is 18.7 Å². The van der Waals surface area contributed by atoms with Gasteiger partial charge >= 0.3 is 6.03 Å². The fourth-order valence-electron chi connectivity index (χ4n) is 2.97. The number of aliphatic hydroxyl groups is 1. The van der Waals surface area contributed by atoms with Crippen molar-refractivity contribution in [3.8, 4) is 0 Å². The minimum Gasteiger partial charge on any atom is -0.395 e. The first-order chi connectivity index (χ1) is 12.2. The van der Waals surface area contributed by atoms with Crippen molar-refractivity contribution in [2.75, 3.05) is 20.2 Å². The highest BCUT2D eigenvalue weighted by Crippen LogP contribution is 2.29. The van der Waals surface area contributed by atoms with E-state index in [9.17, 15) is 4.79 Å². The Bertz CT molecular complexity index is 843. The van der Waals surface area contributed by atoms with Crippen LogP contribution in [0.2, 0.25) is 0 Å². The largest absolute Gasteiger partial charge is 0.395 e. The van der Waals surface area contributed by atoms with Crippen molar-refractivity contribution in [1.29, 1.82) is 0 Å². The van der Waals surface area contributed by atoms with Gasteiger partial charge < -0.3 is 15.3 Å². The van der Waals surface area contributed by atoms with E-state index in [2.05, 4.69) is 23.5 Å². The topological polar surface area (TPSA) is 52.6 Å². The summed E-state index contributed by atoms with van der Waals surface area (Å²) >= 11 is 0. The SMILES string of the molecule is CN(CCO)C(=O)NC(c1ccccc1)c1cccc2ccccc12. The van der Waals surface area contributed by atoms with Gasteiger partial charge in [-0.3, -0.25) is 0 Å². The predicted molar refractivity (Wildman–Crippen MR) is 100 cm³/mol. The Hall–Kier alpha value is -2.85. The van der Waals surface area contributed by atoms with Crippen molar-refractivity contribution >= 4 is 16.8 Å². The standard InChI is InChI=1S/C21H22N2O2/c1-23(14-15-24)21(25)22-20(17-9-3-2-4-10-17)19-13-7-11-16-8-5-6-12-18(16)19/h2-13,20,24H,14-15H2,1H3,(H,22,25). The molecule has 3 aromatic rings. The summed E-state index contributed by atoms with van der Waals surface area (Å²) in [4.78, 5) is 14.0. The van der Waals surface area contributed by atoms with E-state index in [1.165, 1.54) is 4.90 Å². The van der Waals surface area contributed by atoms with Gasteiger partial charge in [0.2, 0.25) is 0 Å². The summed E-state index contributed by atoms with van der Waals surface area (Å²) in [5, 5.41) is 14.4. The lowest BCUT2D eigenvalue weighted by atomic mass is 9.94. The summed E-state index contributed by atoms with van der Waals surface area (Å²) in [5.74, 6) is 0. The van der Waals surface area contributed by atoms with Crippen LogP contribution >= 0.6 is 0 Å². The Morgan fingerprint density at radius 3 is 2.44 bits per heavy atom. The molecule has 0 spiro atoms. The Morgan fingerprint density at radius 2 is 1.68 bits per heavy atom. The summed E-state index contributed by atoms with van der Waals surface area (Å²) in [6.07, 6.45) is 0. The van der Waals surface area contributed by atoms with Crippen LogP contribution in [0.4, 0.5) is 4.79 Å². The molecule has 0 radical (unpaired) electrons. The molecule has 2 amide bonds. The zero-order chi connectivity index (χ0) is 17.6. The number of fused-ring (bicyclic) bond motifs is 1. The first-order valence-electron chi connectivity index (χ1n) is 8.36. The van der Waals surface area contributed by atoms with Gasteiger partial charge in [0.1, 0.15) is 0 Å². The van der Waals surface area contributed by atoms with Gasteiger partial charge in [0, 0.05) is 13.6 Å². The molecule has 2 N–H and O–H groups in total. The average Bonchev–Trinajstić information content (AvgIpc) is 2.66. The molecule has 0 aliphatic heterocycles. The number of amides is 2. The molecule has 0 aromatic heterocycles. The maximum absolute atomic E-state index is 12.5. The van der Waals surface area contributed by atoms with Crippen LogP contribution < -0.4 is 5.32 Å².